The summed E-state index contributed by atoms with van der Waals surface area (Å²) in [6.45, 7) is 1.30. The predicted octanol–water partition coefficient (Wildman–Crippen LogP) is 4.00. The summed E-state index contributed by atoms with van der Waals surface area (Å²) < 4.78 is 7.32. The molecule has 9 heteroatoms. The number of pyridine rings is 1. The molecule has 1 saturated carbocycles. The van der Waals surface area contributed by atoms with Crippen molar-refractivity contribution in [1.82, 2.24) is 24.5 Å². The average Bonchev–Trinajstić information content (AvgIpc) is 3.59. The molecule has 0 spiro atoms. The van der Waals surface area contributed by atoms with Crippen molar-refractivity contribution in [2.45, 2.75) is 44.7 Å². The number of hydrogen-bond donors (Lipinski definition) is 3. The van der Waals surface area contributed by atoms with Crippen molar-refractivity contribution in [2.75, 3.05) is 23.8 Å². The third-order valence-electron chi connectivity index (χ3n) is 5.86. The first kappa shape index (κ1) is 20.4. The van der Waals surface area contributed by atoms with Gasteiger partial charge in [-0.15, -0.1) is 0 Å². The van der Waals surface area contributed by atoms with E-state index in [0.29, 0.717) is 37.3 Å². The fourth-order valence-electron chi connectivity index (χ4n) is 4.14. The number of nitrogens with one attached hydrogen (secondary N) is 2. The van der Waals surface area contributed by atoms with Crippen LogP contribution in [-0.4, -0.2) is 42.8 Å². The number of anilines is 2. The lowest BCUT2D eigenvalue weighted by Gasteiger charge is -2.14. The molecule has 0 amide bonds. The van der Waals surface area contributed by atoms with Gasteiger partial charge in [-0.3, -0.25) is 4.98 Å². The second-order valence-corrected chi connectivity index (χ2v) is 8.08. The Balaban J connectivity index is 1.39. The van der Waals surface area contributed by atoms with Gasteiger partial charge in [0.2, 0.25) is 5.95 Å². The second-order valence-electron chi connectivity index (χ2n) is 8.08. The summed E-state index contributed by atoms with van der Waals surface area (Å²) in [6, 6.07) is 6.35. The number of furan rings is 1. The highest BCUT2D eigenvalue weighted by Gasteiger charge is 2.21. The van der Waals surface area contributed by atoms with Gasteiger partial charge in [0.05, 0.1) is 24.5 Å². The zero-order valence-corrected chi connectivity index (χ0v) is 17.9. The first-order valence-electron chi connectivity index (χ1n) is 11.1. The van der Waals surface area contributed by atoms with Gasteiger partial charge in [0, 0.05) is 37.5 Å². The van der Waals surface area contributed by atoms with Crippen LogP contribution >= 0.6 is 0 Å². The van der Waals surface area contributed by atoms with E-state index in [4.69, 9.17) is 14.5 Å². The minimum Gasteiger partial charge on any atom is -0.472 e. The SMILES string of the molecule is OCCCNc1nc(NCc2ccc(-c3ccoc3)nc2)c2ncn(C3CCCC3)c2n1. The summed E-state index contributed by atoms with van der Waals surface area (Å²) in [5.41, 5.74) is 4.48. The maximum absolute atomic E-state index is 9.10. The maximum Gasteiger partial charge on any atom is 0.226 e. The Labute approximate surface area is 185 Å². The number of aliphatic hydroxyl groups excluding tert-OH is 1. The number of imidazole rings is 1. The number of aromatic nitrogens is 5. The monoisotopic (exact) mass is 433 g/mol. The fourth-order valence-corrected chi connectivity index (χ4v) is 4.14. The largest absolute Gasteiger partial charge is 0.472 e. The van der Waals surface area contributed by atoms with E-state index in [0.717, 1.165) is 40.8 Å². The van der Waals surface area contributed by atoms with Crippen molar-refractivity contribution < 1.29 is 9.52 Å². The number of aliphatic hydroxyl groups is 1. The van der Waals surface area contributed by atoms with Crippen molar-refractivity contribution in [3.05, 3.63) is 48.8 Å². The molecule has 4 heterocycles. The summed E-state index contributed by atoms with van der Waals surface area (Å²) in [4.78, 5) is 18.6. The van der Waals surface area contributed by atoms with Crippen LogP contribution in [0.15, 0.2) is 47.7 Å². The Kier molecular flexibility index (Phi) is 5.98. The molecule has 0 unspecified atom stereocenters. The summed E-state index contributed by atoms with van der Waals surface area (Å²) in [7, 11) is 0. The molecule has 0 bridgehead atoms. The molecule has 1 aliphatic carbocycles. The quantitative estimate of drug-likeness (QED) is 0.339. The van der Waals surface area contributed by atoms with Crippen LogP contribution in [0.2, 0.25) is 0 Å². The highest BCUT2D eigenvalue weighted by Crippen LogP contribution is 2.33. The molecule has 4 aromatic rings. The molecule has 0 atom stereocenters. The number of rotatable bonds is 9. The highest BCUT2D eigenvalue weighted by atomic mass is 16.3. The van der Waals surface area contributed by atoms with Crippen LogP contribution in [0.25, 0.3) is 22.4 Å². The molecule has 3 N–H and O–H groups in total. The van der Waals surface area contributed by atoms with Gasteiger partial charge in [-0.2, -0.15) is 9.97 Å². The summed E-state index contributed by atoms with van der Waals surface area (Å²) in [5.74, 6) is 1.23. The van der Waals surface area contributed by atoms with Gasteiger partial charge < -0.3 is 24.7 Å². The van der Waals surface area contributed by atoms with E-state index in [1.165, 1.54) is 12.8 Å². The second kappa shape index (κ2) is 9.35. The molecule has 0 saturated heterocycles. The van der Waals surface area contributed by atoms with Crippen molar-refractivity contribution in [2.24, 2.45) is 0 Å². The maximum atomic E-state index is 9.10. The molecule has 1 fully saturated rings. The first-order valence-corrected chi connectivity index (χ1v) is 11.1. The smallest absolute Gasteiger partial charge is 0.226 e. The molecular weight excluding hydrogens is 406 g/mol. The van der Waals surface area contributed by atoms with Crippen molar-refractivity contribution >= 4 is 22.9 Å². The van der Waals surface area contributed by atoms with Gasteiger partial charge in [0.15, 0.2) is 17.0 Å². The Morgan fingerprint density at radius 3 is 2.75 bits per heavy atom. The Morgan fingerprint density at radius 2 is 2.00 bits per heavy atom. The van der Waals surface area contributed by atoms with E-state index in [1.54, 1.807) is 12.5 Å². The topological polar surface area (TPSA) is 114 Å². The van der Waals surface area contributed by atoms with Gasteiger partial charge in [0.25, 0.3) is 0 Å². The van der Waals surface area contributed by atoms with E-state index in [1.807, 2.05) is 30.7 Å². The summed E-state index contributed by atoms with van der Waals surface area (Å²) >= 11 is 0. The van der Waals surface area contributed by atoms with E-state index in [2.05, 4.69) is 30.2 Å². The van der Waals surface area contributed by atoms with Gasteiger partial charge >= 0.3 is 0 Å². The Bertz CT molecular complexity index is 1150. The number of fused-ring (bicyclic) bond motifs is 1. The molecule has 1 aliphatic rings. The van der Waals surface area contributed by atoms with Gasteiger partial charge in [-0.1, -0.05) is 18.9 Å². The minimum atomic E-state index is 0.127. The first-order chi connectivity index (χ1) is 15.8. The third-order valence-corrected chi connectivity index (χ3v) is 5.86. The van der Waals surface area contributed by atoms with Crippen LogP contribution < -0.4 is 10.6 Å². The minimum absolute atomic E-state index is 0.127. The average molecular weight is 434 g/mol. The van der Waals surface area contributed by atoms with Crippen molar-refractivity contribution in [3.8, 4) is 11.3 Å². The zero-order chi connectivity index (χ0) is 21.8. The lowest BCUT2D eigenvalue weighted by molar-refractivity contribution is 0.292. The molecule has 32 heavy (non-hydrogen) atoms. The van der Waals surface area contributed by atoms with Gasteiger partial charge in [-0.05, 0) is 37.0 Å². The van der Waals surface area contributed by atoms with E-state index in [9.17, 15) is 0 Å². The van der Waals surface area contributed by atoms with E-state index >= 15 is 0 Å². The fraction of sp³-hybridized carbons (Fsp3) is 0.391. The van der Waals surface area contributed by atoms with E-state index in [-0.39, 0.29) is 6.61 Å². The van der Waals surface area contributed by atoms with Crippen molar-refractivity contribution in [3.63, 3.8) is 0 Å². The third kappa shape index (κ3) is 4.29. The van der Waals surface area contributed by atoms with Crippen LogP contribution in [0.5, 0.6) is 0 Å². The molecule has 0 aliphatic heterocycles. The zero-order valence-electron chi connectivity index (χ0n) is 17.9. The molecule has 0 aromatic carbocycles. The van der Waals surface area contributed by atoms with Crippen LogP contribution in [0.1, 0.15) is 43.7 Å². The summed E-state index contributed by atoms with van der Waals surface area (Å²) in [6.07, 6.45) is 12.5. The Hall–Kier alpha value is -3.46. The van der Waals surface area contributed by atoms with Gasteiger partial charge in [-0.25, -0.2) is 4.98 Å². The van der Waals surface area contributed by atoms with Crippen molar-refractivity contribution in [1.29, 1.82) is 0 Å². The highest BCUT2D eigenvalue weighted by molar-refractivity contribution is 5.84. The Morgan fingerprint density at radius 1 is 1.09 bits per heavy atom. The summed E-state index contributed by atoms with van der Waals surface area (Å²) in [5, 5.41) is 15.7. The normalized spacial score (nSPS) is 14.3. The van der Waals surface area contributed by atoms with Crippen LogP contribution in [0.3, 0.4) is 0 Å². The lowest BCUT2D eigenvalue weighted by atomic mass is 10.2. The van der Waals surface area contributed by atoms with E-state index < -0.39 is 0 Å². The predicted molar refractivity (Wildman–Crippen MR) is 122 cm³/mol. The molecule has 0 radical (unpaired) electrons. The molecular formula is C23H27N7O2. The lowest BCUT2D eigenvalue weighted by Crippen LogP contribution is -2.11. The van der Waals surface area contributed by atoms with Gasteiger partial charge in [0.1, 0.15) is 0 Å². The van der Waals surface area contributed by atoms with Crippen LogP contribution in [0, 0.1) is 0 Å². The molecule has 9 nitrogen and oxygen atoms in total. The molecule has 4 aromatic heterocycles. The molecule has 5 rings (SSSR count). The standard InChI is InChI=1S/C23H27N7O2/c31-10-3-9-24-23-28-21(20-22(29-23)30(15-27-20)18-4-1-2-5-18)26-13-16-6-7-19(25-12-16)17-8-11-32-14-17/h6-8,11-12,14-15,18,31H,1-5,9-10,13H2,(H2,24,26,28,29). The number of hydrogen-bond acceptors (Lipinski definition) is 8. The van der Waals surface area contributed by atoms with Crippen LogP contribution in [-0.2, 0) is 6.54 Å². The number of nitrogens with zero attached hydrogens (tertiary/aromatic N) is 5. The van der Waals surface area contributed by atoms with Crippen LogP contribution in [0.4, 0.5) is 11.8 Å². The molecule has 166 valence electrons.